The van der Waals surface area contributed by atoms with E-state index in [0.717, 1.165) is 0 Å². The molecule has 3 rings (SSSR count). The largest absolute Gasteiger partial charge is 0.445 e. The molecule has 0 aliphatic rings. The highest BCUT2D eigenvalue weighted by Gasteiger charge is 2.20. The Morgan fingerprint density at radius 2 is 1.74 bits per heavy atom. The van der Waals surface area contributed by atoms with Crippen LogP contribution in [0.4, 0.5) is 5.69 Å². The third-order valence-electron chi connectivity index (χ3n) is 2.54. The van der Waals surface area contributed by atoms with Crippen LogP contribution in [-0.4, -0.2) is 14.9 Å². The van der Waals surface area contributed by atoms with Crippen molar-refractivity contribution in [1.29, 1.82) is 0 Å². The maximum Gasteiger partial charge on any atom is 0.282 e. The van der Waals surface area contributed by atoms with Gasteiger partial charge < -0.3 is 8.83 Å². The average molecular weight is 257 g/mol. The number of nitrogens with zero attached hydrogens (tertiary/aromatic N) is 3. The quantitative estimate of drug-likeness (QED) is 0.528. The highest BCUT2D eigenvalue weighted by molar-refractivity contribution is 5.72. The van der Waals surface area contributed by atoms with Gasteiger partial charge in [0.1, 0.15) is 18.1 Å². The molecular weight excluding hydrogens is 250 g/mol. The standard InChI is InChI=1S/C12H7N3O4/c16-15(17)10-7-8(11-13-3-5-18-11)1-2-9(10)12-14-4-6-19-12/h1-7H. The first-order valence-corrected chi connectivity index (χ1v) is 5.34. The summed E-state index contributed by atoms with van der Waals surface area (Å²) in [5, 5.41) is 11.1. The zero-order valence-corrected chi connectivity index (χ0v) is 9.52. The van der Waals surface area contributed by atoms with E-state index < -0.39 is 4.92 Å². The van der Waals surface area contributed by atoms with Crippen LogP contribution in [0.3, 0.4) is 0 Å². The molecule has 0 N–H and O–H groups in total. The maximum absolute atomic E-state index is 11.1. The van der Waals surface area contributed by atoms with Crippen LogP contribution in [0.15, 0.2) is 52.0 Å². The van der Waals surface area contributed by atoms with E-state index in [1.807, 2.05) is 0 Å². The number of benzene rings is 1. The molecule has 2 aromatic heterocycles. The molecule has 1 aromatic carbocycles. The van der Waals surface area contributed by atoms with Crippen molar-refractivity contribution in [3.63, 3.8) is 0 Å². The predicted molar refractivity (Wildman–Crippen MR) is 64.1 cm³/mol. The highest BCUT2D eigenvalue weighted by Crippen LogP contribution is 2.32. The summed E-state index contributed by atoms with van der Waals surface area (Å²) in [6, 6.07) is 4.60. The minimum Gasteiger partial charge on any atom is -0.445 e. The average Bonchev–Trinajstić information content (AvgIpc) is 3.11. The minimum absolute atomic E-state index is 0.113. The summed E-state index contributed by atoms with van der Waals surface area (Å²) in [4.78, 5) is 18.5. The SMILES string of the molecule is O=[N+]([O-])c1cc(-c2ncco2)ccc1-c1ncco1. The number of hydrogen-bond acceptors (Lipinski definition) is 6. The van der Waals surface area contributed by atoms with Gasteiger partial charge >= 0.3 is 0 Å². The van der Waals surface area contributed by atoms with Gasteiger partial charge in [0, 0.05) is 11.6 Å². The lowest BCUT2D eigenvalue weighted by atomic mass is 10.1. The molecular formula is C12H7N3O4. The summed E-state index contributed by atoms with van der Waals surface area (Å²) in [6.07, 6.45) is 5.68. The van der Waals surface area contributed by atoms with Gasteiger partial charge in [-0.3, -0.25) is 10.1 Å². The van der Waals surface area contributed by atoms with Gasteiger partial charge in [-0.1, -0.05) is 0 Å². The Hall–Kier alpha value is -2.96. The van der Waals surface area contributed by atoms with Crippen molar-refractivity contribution >= 4 is 5.69 Å². The Labute approximate surface area is 106 Å². The van der Waals surface area contributed by atoms with Crippen molar-refractivity contribution in [1.82, 2.24) is 9.97 Å². The van der Waals surface area contributed by atoms with Crippen LogP contribution in [0, 0.1) is 10.1 Å². The normalized spacial score (nSPS) is 10.5. The molecule has 3 aromatic rings. The summed E-state index contributed by atoms with van der Waals surface area (Å²) >= 11 is 0. The van der Waals surface area contributed by atoms with Crippen molar-refractivity contribution in [2.75, 3.05) is 0 Å². The fourth-order valence-electron chi connectivity index (χ4n) is 1.72. The van der Waals surface area contributed by atoms with E-state index in [0.29, 0.717) is 17.0 Å². The van der Waals surface area contributed by atoms with Crippen LogP contribution in [0.25, 0.3) is 22.9 Å². The van der Waals surface area contributed by atoms with E-state index in [2.05, 4.69) is 9.97 Å². The van der Waals surface area contributed by atoms with Gasteiger partial charge in [-0.25, -0.2) is 9.97 Å². The fraction of sp³-hybridized carbons (Fsp3) is 0. The first kappa shape index (κ1) is 11.1. The molecule has 94 valence electrons. The smallest absolute Gasteiger partial charge is 0.282 e. The van der Waals surface area contributed by atoms with E-state index >= 15 is 0 Å². The lowest BCUT2D eigenvalue weighted by Crippen LogP contribution is -1.93. The number of oxazole rings is 2. The first-order valence-electron chi connectivity index (χ1n) is 5.34. The predicted octanol–water partition coefficient (Wildman–Crippen LogP) is 2.90. The van der Waals surface area contributed by atoms with Crippen molar-refractivity contribution in [2.45, 2.75) is 0 Å². The molecule has 7 heteroatoms. The van der Waals surface area contributed by atoms with Gasteiger partial charge in [0.2, 0.25) is 11.8 Å². The third-order valence-corrected chi connectivity index (χ3v) is 2.54. The van der Waals surface area contributed by atoms with E-state index in [9.17, 15) is 10.1 Å². The van der Waals surface area contributed by atoms with Crippen LogP contribution < -0.4 is 0 Å². The second kappa shape index (κ2) is 4.37. The number of nitro benzene ring substituents is 1. The third kappa shape index (κ3) is 1.97. The first-order chi connectivity index (χ1) is 9.25. The Balaban J connectivity index is 2.15. The zero-order valence-electron chi connectivity index (χ0n) is 9.52. The molecule has 0 radical (unpaired) electrons. The summed E-state index contributed by atoms with van der Waals surface area (Å²) in [5.74, 6) is 0.521. The van der Waals surface area contributed by atoms with Crippen molar-refractivity contribution in [3.05, 3.63) is 53.2 Å². The van der Waals surface area contributed by atoms with Gasteiger partial charge in [-0.15, -0.1) is 0 Å². The van der Waals surface area contributed by atoms with E-state index in [4.69, 9.17) is 8.83 Å². The molecule has 0 saturated carbocycles. The van der Waals surface area contributed by atoms with E-state index in [1.54, 1.807) is 12.1 Å². The van der Waals surface area contributed by atoms with Crippen molar-refractivity contribution < 1.29 is 13.8 Å². The van der Waals surface area contributed by atoms with Crippen LogP contribution in [0.5, 0.6) is 0 Å². The highest BCUT2D eigenvalue weighted by atomic mass is 16.6. The molecule has 0 spiro atoms. The molecule has 0 atom stereocenters. The molecule has 0 unspecified atom stereocenters. The zero-order chi connectivity index (χ0) is 13.2. The number of hydrogen-bond donors (Lipinski definition) is 0. The molecule has 0 bridgehead atoms. The molecule has 7 nitrogen and oxygen atoms in total. The molecule has 0 fully saturated rings. The summed E-state index contributed by atoms with van der Waals surface area (Å²) in [6.45, 7) is 0. The lowest BCUT2D eigenvalue weighted by molar-refractivity contribution is -0.384. The van der Waals surface area contributed by atoms with Gasteiger partial charge in [0.15, 0.2) is 0 Å². The molecule has 19 heavy (non-hydrogen) atoms. The monoisotopic (exact) mass is 257 g/mol. The van der Waals surface area contributed by atoms with Gasteiger partial charge in [-0.05, 0) is 12.1 Å². The van der Waals surface area contributed by atoms with Crippen molar-refractivity contribution in [2.24, 2.45) is 0 Å². The van der Waals surface area contributed by atoms with Gasteiger partial charge in [0.25, 0.3) is 5.69 Å². The molecule has 0 aliphatic heterocycles. The number of nitro groups is 1. The van der Waals surface area contributed by atoms with Crippen LogP contribution in [0.2, 0.25) is 0 Å². The van der Waals surface area contributed by atoms with Crippen LogP contribution in [0.1, 0.15) is 0 Å². The van der Waals surface area contributed by atoms with E-state index in [1.165, 1.54) is 31.0 Å². The number of aromatic nitrogens is 2. The Bertz CT molecular complexity index is 705. The fourth-order valence-corrected chi connectivity index (χ4v) is 1.72. The Kier molecular flexibility index (Phi) is 2.57. The summed E-state index contributed by atoms with van der Waals surface area (Å²) in [5.41, 5.74) is 0.718. The van der Waals surface area contributed by atoms with Gasteiger partial charge in [0.05, 0.1) is 17.3 Å². The maximum atomic E-state index is 11.1. The van der Waals surface area contributed by atoms with Crippen LogP contribution >= 0.6 is 0 Å². The minimum atomic E-state index is -0.494. The lowest BCUT2D eigenvalue weighted by Gasteiger charge is -2.01. The Morgan fingerprint density at radius 3 is 2.32 bits per heavy atom. The second-order valence-corrected chi connectivity index (χ2v) is 3.66. The van der Waals surface area contributed by atoms with Crippen molar-refractivity contribution in [3.8, 4) is 22.9 Å². The number of rotatable bonds is 3. The molecule has 2 heterocycles. The van der Waals surface area contributed by atoms with Gasteiger partial charge in [-0.2, -0.15) is 0 Å². The molecule has 0 amide bonds. The van der Waals surface area contributed by atoms with Crippen LogP contribution in [-0.2, 0) is 0 Å². The topological polar surface area (TPSA) is 95.2 Å². The van der Waals surface area contributed by atoms with E-state index in [-0.39, 0.29) is 11.6 Å². The molecule has 0 saturated heterocycles. The second-order valence-electron chi connectivity index (χ2n) is 3.66. The summed E-state index contributed by atoms with van der Waals surface area (Å²) in [7, 11) is 0. The molecule has 0 aliphatic carbocycles. The Morgan fingerprint density at radius 1 is 1.05 bits per heavy atom. The summed E-state index contributed by atoms with van der Waals surface area (Å²) < 4.78 is 10.2.